The minimum absolute atomic E-state index is 0.664. The van der Waals surface area contributed by atoms with Gasteiger partial charge in [-0.3, -0.25) is 39.0 Å². The number of pyridine rings is 9. The van der Waals surface area contributed by atoms with Crippen molar-refractivity contribution in [3.05, 3.63) is 389 Å². The van der Waals surface area contributed by atoms with E-state index in [4.69, 9.17) is 49.5 Å². The van der Waals surface area contributed by atoms with Gasteiger partial charge in [0.15, 0.2) is 11.2 Å². The molecule has 0 aliphatic carbocycles. The second-order valence-corrected chi connectivity index (χ2v) is 32.1. The molecular weight excluding hydrogens is 1560 g/mol. The van der Waals surface area contributed by atoms with Gasteiger partial charge in [0.25, 0.3) is 0 Å². The summed E-state index contributed by atoms with van der Waals surface area (Å²) in [5, 5.41) is 8.96. The Balaban J connectivity index is 0.574. The molecule has 16 nitrogen and oxygen atoms in total. The van der Waals surface area contributed by atoms with E-state index in [0.29, 0.717) is 28.9 Å². The van der Waals surface area contributed by atoms with Crippen molar-refractivity contribution in [3.63, 3.8) is 0 Å². The summed E-state index contributed by atoms with van der Waals surface area (Å²) in [6.45, 7) is 2.21. The number of hydrogen-bond donors (Lipinski definition) is 1. The number of anilines is 1. The second kappa shape index (κ2) is 29.2. The molecule has 2 N–H and O–H groups in total. The monoisotopic (exact) mass is 1630 g/mol. The third-order valence-corrected chi connectivity index (χ3v) is 25.1. The number of aromatic nitrogens is 13. The number of allylic oxidation sites excluding steroid dienone is 1. The molecule has 16 heteroatoms. The lowest BCUT2D eigenvalue weighted by atomic mass is 9.94. The molecule has 0 spiro atoms. The van der Waals surface area contributed by atoms with Gasteiger partial charge in [-0.25, -0.2) is 15.0 Å². The van der Waals surface area contributed by atoms with E-state index in [1.807, 2.05) is 153 Å². The van der Waals surface area contributed by atoms with Crippen LogP contribution in [-0.2, 0) is 0 Å². The number of benzene rings is 10. The molecule has 25 aromatic rings. The van der Waals surface area contributed by atoms with E-state index in [1.165, 1.54) is 0 Å². The van der Waals surface area contributed by atoms with E-state index >= 15 is 0 Å². The van der Waals surface area contributed by atoms with Crippen molar-refractivity contribution in [1.29, 1.82) is 0 Å². The summed E-state index contributed by atoms with van der Waals surface area (Å²) in [5.74, 6) is 1.52. The molecule has 25 rings (SSSR count). The van der Waals surface area contributed by atoms with Gasteiger partial charge in [-0.2, -0.15) is 0 Å². The predicted octanol–water partition coefficient (Wildman–Crippen LogP) is 27.1. The fraction of sp³-hybridized carbons (Fsp3) is 0.0180. The molecule has 0 bridgehead atoms. The smallest absolute Gasteiger partial charge is 0.177 e. The Hall–Kier alpha value is -17.4. The van der Waals surface area contributed by atoms with Crippen molar-refractivity contribution in [3.8, 4) is 113 Å². The summed E-state index contributed by atoms with van der Waals surface area (Å²) in [6, 6.07) is 112. The molecule has 0 atom stereocenters. The van der Waals surface area contributed by atoms with Gasteiger partial charge in [-0.05, 0) is 239 Å². The van der Waals surface area contributed by atoms with Crippen LogP contribution in [0.15, 0.2) is 386 Å². The van der Waals surface area contributed by atoms with Crippen molar-refractivity contribution >= 4 is 138 Å². The largest absolute Gasteiger partial charge is 0.454 e. The Morgan fingerprint density at radius 2 is 0.819 bits per heavy atom. The zero-order chi connectivity index (χ0) is 83.9. The van der Waals surface area contributed by atoms with E-state index in [2.05, 4.69) is 266 Å². The standard InChI is InChI=1S/C111H70N14O2/c1-2-66(68-35-40-94-83(56-68)86-63-113-51-45-98(86)123(94)101-48-54-118-108-85-60-73(39-44-104(85)127-111(101)108)89-30-17-31-92(119-89)93-32-18-34-105(120-93)124-99-46-52-114-64-87(99)88-65-115-53-47-100(88)124)61-102-107(112)84-57-69(36-41-97(84)122(102)74-21-4-3-5-22-74)67-19-16-20-70(55-67)80-62-106(121-109-79-27-10-11-33-103(79)126-110(80)109)125-95-42-37-71(75-23-6-8-25-77(75)90-28-12-14-49-116-90)58-81(95)82-59-72(38-43-96(82)125)76-24-7-9-26-78(76)91-29-13-15-50-117-91/h3-65H,2,112H2,1H3/b66-61+. The summed E-state index contributed by atoms with van der Waals surface area (Å²) >= 11 is 0. The number of furan rings is 2. The van der Waals surface area contributed by atoms with Crippen LogP contribution >= 0.6 is 0 Å². The molecule has 0 fully saturated rings. The van der Waals surface area contributed by atoms with Crippen molar-refractivity contribution in [2.45, 2.75) is 13.3 Å². The van der Waals surface area contributed by atoms with E-state index in [1.54, 1.807) is 0 Å². The van der Waals surface area contributed by atoms with Gasteiger partial charge in [0, 0.05) is 132 Å². The van der Waals surface area contributed by atoms with Gasteiger partial charge < -0.3 is 23.7 Å². The van der Waals surface area contributed by atoms with Gasteiger partial charge in [0.1, 0.15) is 33.8 Å². The third kappa shape index (κ3) is 11.8. The number of nitrogens with zero attached hydrogens (tertiary/aromatic N) is 13. The number of nitrogen functional groups attached to an aromatic ring is 1. The number of nitrogens with two attached hydrogens (primary N) is 1. The molecule has 0 unspecified atom stereocenters. The van der Waals surface area contributed by atoms with E-state index in [-0.39, 0.29) is 0 Å². The summed E-state index contributed by atoms with van der Waals surface area (Å²) in [5.41, 5.74) is 39.9. The molecule has 15 heterocycles. The Morgan fingerprint density at radius 1 is 0.307 bits per heavy atom. The first kappa shape index (κ1) is 72.4. The molecular formula is C111H70N14O2. The summed E-state index contributed by atoms with van der Waals surface area (Å²) in [6.07, 6.45) is 19.8. The van der Waals surface area contributed by atoms with Crippen molar-refractivity contribution < 1.29 is 8.83 Å². The van der Waals surface area contributed by atoms with E-state index in [0.717, 1.165) is 233 Å². The average Bonchev–Trinajstić information content (AvgIpc) is 1.63. The summed E-state index contributed by atoms with van der Waals surface area (Å²) in [4.78, 5) is 44.4. The van der Waals surface area contributed by atoms with Crippen LogP contribution in [0.1, 0.15) is 24.6 Å². The first-order valence-corrected chi connectivity index (χ1v) is 42.4. The van der Waals surface area contributed by atoms with Crippen LogP contribution in [-0.4, -0.2) is 63.1 Å². The SMILES string of the molecule is CC/C(=C\c1c(N)c2cc(-c3cccc(-c4cc(-n5c6ccc(-c7ccccc7-c7ccccn7)cc6c6cc(-c7ccccc7-c7ccccn7)ccc65)nc5c4oc4ccccc45)c3)ccc2n1-c1ccccc1)c1ccc2c(c1)c1cnccc1n2-c1ccnc2c1oc1ccc(-c3cccc(-c4cccc(-n5c6ccncc6c6cnccc65)n4)n3)cc12. The number of hydrogen-bond acceptors (Lipinski definition) is 12. The maximum absolute atomic E-state index is 7.69. The van der Waals surface area contributed by atoms with Crippen LogP contribution in [0.25, 0.3) is 245 Å². The van der Waals surface area contributed by atoms with Crippen LogP contribution < -0.4 is 5.73 Å². The quantitative estimate of drug-likeness (QED) is 0.102. The van der Waals surface area contributed by atoms with Crippen LogP contribution in [0.5, 0.6) is 0 Å². The molecule has 596 valence electrons. The molecule has 0 radical (unpaired) electrons. The van der Waals surface area contributed by atoms with Crippen LogP contribution in [0.4, 0.5) is 5.69 Å². The Labute approximate surface area is 725 Å². The summed E-state index contributed by atoms with van der Waals surface area (Å²) < 4.78 is 22.9. The lowest BCUT2D eigenvalue weighted by Gasteiger charge is -2.13. The minimum Gasteiger partial charge on any atom is -0.454 e. The topological polar surface area (TPSA) is 188 Å². The molecule has 0 amide bonds. The normalized spacial score (nSPS) is 12.1. The second-order valence-electron chi connectivity index (χ2n) is 32.1. The van der Waals surface area contributed by atoms with Crippen LogP contribution in [0.3, 0.4) is 0 Å². The lowest BCUT2D eigenvalue weighted by Crippen LogP contribution is -1.99. The first-order chi connectivity index (χ1) is 62.8. The molecule has 15 aromatic heterocycles. The van der Waals surface area contributed by atoms with Crippen molar-refractivity contribution in [1.82, 2.24) is 63.1 Å². The van der Waals surface area contributed by atoms with Gasteiger partial charge in [-0.15, -0.1) is 0 Å². The Morgan fingerprint density at radius 3 is 1.52 bits per heavy atom. The Kier molecular flexibility index (Phi) is 16.7. The summed E-state index contributed by atoms with van der Waals surface area (Å²) in [7, 11) is 0. The highest BCUT2D eigenvalue weighted by atomic mass is 16.3. The fourth-order valence-corrected chi connectivity index (χ4v) is 19.2. The lowest BCUT2D eigenvalue weighted by molar-refractivity contribution is 0.665. The third-order valence-electron chi connectivity index (χ3n) is 25.1. The zero-order valence-corrected chi connectivity index (χ0v) is 68.3. The van der Waals surface area contributed by atoms with Gasteiger partial charge in [0.05, 0.1) is 84.2 Å². The van der Waals surface area contributed by atoms with Crippen LogP contribution in [0, 0.1) is 0 Å². The number of fused-ring (bicyclic) bond motifs is 16. The maximum Gasteiger partial charge on any atom is 0.177 e. The first-order valence-electron chi connectivity index (χ1n) is 42.4. The molecule has 127 heavy (non-hydrogen) atoms. The molecule has 10 aromatic carbocycles. The molecule has 0 saturated carbocycles. The van der Waals surface area contributed by atoms with Gasteiger partial charge in [-0.1, -0.05) is 153 Å². The predicted molar refractivity (Wildman–Crippen MR) is 514 cm³/mol. The maximum atomic E-state index is 7.69. The zero-order valence-electron chi connectivity index (χ0n) is 68.3. The average molecular weight is 1630 g/mol. The fourth-order valence-electron chi connectivity index (χ4n) is 19.2. The molecule has 0 aliphatic rings. The molecule has 0 aliphatic heterocycles. The molecule has 0 saturated heterocycles. The highest BCUT2D eigenvalue weighted by molar-refractivity contribution is 6.16. The van der Waals surface area contributed by atoms with Gasteiger partial charge in [0.2, 0.25) is 0 Å². The van der Waals surface area contributed by atoms with Crippen LogP contribution in [0.2, 0.25) is 0 Å². The van der Waals surface area contributed by atoms with E-state index in [9.17, 15) is 0 Å². The highest BCUT2D eigenvalue weighted by Crippen LogP contribution is 2.47. The van der Waals surface area contributed by atoms with Gasteiger partial charge >= 0.3 is 0 Å². The minimum atomic E-state index is 0.664. The van der Waals surface area contributed by atoms with Crippen molar-refractivity contribution in [2.24, 2.45) is 0 Å². The van der Waals surface area contributed by atoms with Crippen molar-refractivity contribution in [2.75, 3.05) is 5.73 Å². The Bertz CT molecular complexity index is 8670. The van der Waals surface area contributed by atoms with E-state index < -0.39 is 0 Å². The number of rotatable bonds is 15. The highest BCUT2D eigenvalue weighted by Gasteiger charge is 2.27. The number of para-hydroxylation sites is 2.